The molecule has 1 aromatic carbocycles. The average Bonchev–Trinajstić information content (AvgIpc) is 2.82. The van der Waals surface area contributed by atoms with Gasteiger partial charge in [-0.15, -0.1) is 0 Å². The van der Waals surface area contributed by atoms with E-state index in [9.17, 15) is 4.79 Å². The maximum atomic E-state index is 11.5. The molecule has 2 rings (SSSR count). The molecule has 0 amide bonds. The lowest BCUT2D eigenvalue weighted by Gasteiger charge is -2.03. The number of esters is 1. The van der Waals surface area contributed by atoms with Crippen molar-refractivity contribution in [3.8, 4) is 11.3 Å². The minimum Gasteiger partial charge on any atom is -0.461 e. The van der Waals surface area contributed by atoms with Gasteiger partial charge in [0.2, 0.25) is 0 Å². The van der Waals surface area contributed by atoms with E-state index >= 15 is 0 Å². The third kappa shape index (κ3) is 2.42. The van der Waals surface area contributed by atoms with Crippen LogP contribution >= 0.6 is 0 Å². The monoisotopic (exact) mass is 244 g/mol. The Balaban J connectivity index is 2.35. The highest BCUT2D eigenvalue weighted by molar-refractivity contribution is 5.88. The third-order valence-electron chi connectivity index (χ3n) is 2.74. The minimum absolute atomic E-state index is 0.358. The zero-order chi connectivity index (χ0) is 13.1. The molecule has 2 aromatic rings. The van der Waals surface area contributed by atoms with Crippen LogP contribution < -0.4 is 0 Å². The molecule has 0 fully saturated rings. The first-order valence-electron chi connectivity index (χ1n) is 5.92. The van der Waals surface area contributed by atoms with Crippen molar-refractivity contribution >= 4 is 5.97 Å². The Morgan fingerprint density at radius 3 is 2.83 bits per heavy atom. The van der Waals surface area contributed by atoms with E-state index in [4.69, 9.17) is 4.74 Å². The smallest absolute Gasteiger partial charge is 0.356 e. The van der Waals surface area contributed by atoms with Gasteiger partial charge in [-0.05, 0) is 38.5 Å². The molecule has 1 N–H and O–H groups in total. The van der Waals surface area contributed by atoms with Gasteiger partial charge in [0.15, 0.2) is 0 Å². The molecule has 18 heavy (non-hydrogen) atoms. The Morgan fingerprint density at radius 1 is 1.33 bits per heavy atom. The number of ether oxygens (including phenoxy) is 1. The van der Waals surface area contributed by atoms with Crippen molar-refractivity contribution in [1.82, 2.24) is 10.2 Å². The Hall–Kier alpha value is -2.10. The predicted octanol–water partition coefficient (Wildman–Crippen LogP) is 2.87. The highest BCUT2D eigenvalue weighted by atomic mass is 16.5. The van der Waals surface area contributed by atoms with Crippen molar-refractivity contribution in [2.45, 2.75) is 20.8 Å². The molecule has 0 saturated carbocycles. The lowest BCUT2D eigenvalue weighted by molar-refractivity contribution is 0.0519. The molecule has 0 bridgehead atoms. The van der Waals surface area contributed by atoms with Gasteiger partial charge in [-0.2, -0.15) is 5.10 Å². The number of carbonyl (C=O) groups is 1. The molecule has 4 nitrogen and oxygen atoms in total. The first kappa shape index (κ1) is 12.4. The molecule has 0 unspecified atom stereocenters. The second-order valence-corrected chi connectivity index (χ2v) is 4.21. The largest absolute Gasteiger partial charge is 0.461 e. The number of aromatic nitrogens is 2. The SMILES string of the molecule is CCOC(=O)c1cc(-c2cc(C)ccc2C)n[nH]1. The molecule has 1 heterocycles. The summed E-state index contributed by atoms with van der Waals surface area (Å²) in [6.07, 6.45) is 0. The summed E-state index contributed by atoms with van der Waals surface area (Å²) in [4.78, 5) is 11.5. The maximum Gasteiger partial charge on any atom is 0.356 e. The number of benzene rings is 1. The van der Waals surface area contributed by atoms with Crippen LogP contribution in [0.2, 0.25) is 0 Å². The summed E-state index contributed by atoms with van der Waals surface area (Å²) in [5.41, 5.74) is 4.47. The molecule has 0 radical (unpaired) electrons. The van der Waals surface area contributed by atoms with Crippen molar-refractivity contribution in [2.75, 3.05) is 6.61 Å². The molecule has 0 aliphatic rings. The number of nitrogens with zero attached hydrogens (tertiary/aromatic N) is 1. The van der Waals surface area contributed by atoms with Crippen molar-refractivity contribution in [3.05, 3.63) is 41.1 Å². The van der Waals surface area contributed by atoms with Gasteiger partial charge < -0.3 is 4.74 Å². The summed E-state index contributed by atoms with van der Waals surface area (Å²) in [7, 11) is 0. The van der Waals surface area contributed by atoms with E-state index in [-0.39, 0.29) is 5.97 Å². The first-order valence-corrected chi connectivity index (χ1v) is 5.92. The molecule has 0 aliphatic carbocycles. The normalized spacial score (nSPS) is 10.4. The van der Waals surface area contributed by atoms with Gasteiger partial charge in [-0.3, -0.25) is 5.10 Å². The number of nitrogens with one attached hydrogen (secondary N) is 1. The van der Waals surface area contributed by atoms with Gasteiger partial charge in [-0.25, -0.2) is 4.79 Å². The van der Waals surface area contributed by atoms with Gasteiger partial charge in [0, 0.05) is 5.56 Å². The second-order valence-electron chi connectivity index (χ2n) is 4.21. The van der Waals surface area contributed by atoms with E-state index in [1.807, 2.05) is 19.9 Å². The average molecular weight is 244 g/mol. The van der Waals surface area contributed by atoms with E-state index < -0.39 is 0 Å². The number of carbonyl (C=O) groups excluding carboxylic acids is 1. The van der Waals surface area contributed by atoms with E-state index in [0.29, 0.717) is 12.3 Å². The Bertz CT molecular complexity index is 573. The quantitative estimate of drug-likeness (QED) is 0.845. The third-order valence-corrected chi connectivity index (χ3v) is 2.74. The summed E-state index contributed by atoms with van der Waals surface area (Å²) in [5, 5.41) is 6.88. The van der Waals surface area contributed by atoms with Gasteiger partial charge in [-0.1, -0.05) is 17.7 Å². The number of hydrogen-bond donors (Lipinski definition) is 1. The highest BCUT2D eigenvalue weighted by Crippen LogP contribution is 2.23. The van der Waals surface area contributed by atoms with E-state index in [1.165, 1.54) is 0 Å². The van der Waals surface area contributed by atoms with Crippen LogP contribution in [0, 0.1) is 13.8 Å². The van der Waals surface area contributed by atoms with E-state index in [1.54, 1.807) is 13.0 Å². The van der Waals surface area contributed by atoms with Crippen LogP contribution in [-0.2, 0) is 4.74 Å². The highest BCUT2D eigenvalue weighted by Gasteiger charge is 2.12. The lowest BCUT2D eigenvalue weighted by atomic mass is 10.0. The zero-order valence-electron chi connectivity index (χ0n) is 10.8. The lowest BCUT2D eigenvalue weighted by Crippen LogP contribution is -2.04. The van der Waals surface area contributed by atoms with E-state index in [0.717, 1.165) is 22.4 Å². The number of aromatic amines is 1. The Kier molecular flexibility index (Phi) is 3.46. The molecule has 1 aromatic heterocycles. The summed E-state index contributed by atoms with van der Waals surface area (Å²) in [5.74, 6) is -0.374. The van der Waals surface area contributed by atoms with Gasteiger partial charge in [0.25, 0.3) is 0 Å². The molecule has 94 valence electrons. The van der Waals surface area contributed by atoms with Crippen molar-refractivity contribution in [2.24, 2.45) is 0 Å². The zero-order valence-corrected chi connectivity index (χ0v) is 10.8. The molecule has 0 aliphatic heterocycles. The maximum absolute atomic E-state index is 11.5. The Morgan fingerprint density at radius 2 is 2.11 bits per heavy atom. The van der Waals surface area contributed by atoms with Gasteiger partial charge >= 0.3 is 5.97 Å². The summed E-state index contributed by atoms with van der Waals surface area (Å²) in [6, 6.07) is 7.88. The fourth-order valence-corrected chi connectivity index (χ4v) is 1.78. The molecular weight excluding hydrogens is 228 g/mol. The topological polar surface area (TPSA) is 55.0 Å². The number of H-pyrrole nitrogens is 1. The second kappa shape index (κ2) is 5.04. The van der Waals surface area contributed by atoms with Crippen molar-refractivity contribution in [3.63, 3.8) is 0 Å². The van der Waals surface area contributed by atoms with Crippen LogP contribution in [0.5, 0.6) is 0 Å². The Labute approximate surface area is 106 Å². The van der Waals surface area contributed by atoms with Crippen LogP contribution in [0.15, 0.2) is 24.3 Å². The summed E-state index contributed by atoms with van der Waals surface area (Å²) < 4.78 is 4.92. The van der Waals surface area contributed by atoms with Crippen molar-refractivity contribution < 1.29 is 9.53 Å². The molecule has 0 atom stereocenters. The number of aryl methyl sites for hydroxylation is 2. The van der Waals surface area contributed by atoms with E-state index in [2.05, 4.69) is 22.3 Å². The number of hydrogen-bond acceptors (Lipinski definition) is 3. The molecule has 0 saturated heterocycles. The van der Waals surface area contributed by atoms with Gasteiger partial charge in [0.05, 0.1) is 12.3 Å². The van der Waals surface area contributed by atoms with Gasteiger partial charge in [0.1, 0.15) is 5.69 Å². The van der Waals surface area contributed by atoms with Crippen molar-refractivity contribution in [1.29, 1.82) is 0 Å². The fourth-order valence-electron chi connectivity index (χ4n) is 1.78. The van der Waals surface area contributed by atoms with Crippen LogP contribution in [0.4, 0.5) is 0 Å². The molecular formula is C14H16N2O2. The number of rotatable bonds is 3. The van der Waals surface area contributed by atoms with Crippen LogP contribution in [0.3, 0.4) is 0 Å². The predicted molar refractivity (Wildman–Crippen MR) is 69.5 cm³/mol. The first-order chi connectivity index (χ1) is 8.61. The van der Waals surface area contributed by atoms with Crippen LogP contribution in [0.1, 0.15) is 28.5 Å². The standard InChI is InChI=1S/C14H16N2O2/c1-4-18-14(17)13-8-12(15-16-13)11-7-9(2)5-6-10(11)3/h5-8H,4H2,1-3H3,(H,15,16). The minimum atomic E-state index is -0.374. The summed E-state index contributed by atoms with van der Waals surface area (Å²) in [6.45, 7) is 6.19. The van der Waals surface area contributed by atoms with Crippen LogP contribution in [-0.4, -0.2) is 22.8 Å². The molecule has 4 heteroatoms. The summed E-state index contributed by atoms with van der Waals surface area (Å²) >= 11 is 0. The molecule has 0 spiro atoms. The fraction of sp³-hybridized carbons (Fsp3) is 0.286. The van der Waals surface area contributed by atoms with Crippen LogP contribution in [0.25, 0.3) is 11.3 Å².